The second-order valence-electron chi connectivity index (χ2n) is 6.08. The number of hydrogen-bond acceptors (Lipinski definition) is 5. The van der Waals surface area contributed by atoms with Crippen molar-refractivity contribution in [2.45, 2.75) is 25.8 Å². The van der Waals surface area contributed by atoms with Gasteiger partial charge in [0.15, 0.2) is 11.6 Å². The van der Waals surface area contributed by atoms with E-state index in [0.717, 1.165) is 29.9 Å². The van der Waals surface area contributed by atoms with Crippen molar-refractivity contribution >= 4 is 17.2 Å². The van der Waals surface area contributed by atoms with E-state index in [-0.39, 0.29) is 5.91 Å². The second-order valence-corrected chi connectivity index (χ2v) is 6.08. The Hall–Kier alpha value is -2.83. The zero-order chi connectivity index (χ0) is 16.5. The van der Waals surface area contributed by atoms with E-state index in [2.05, 4.69) is 15.4 Å². The fraction of sp³-hybridized carbons (Fsp3) is 0.353. The number of anilines is 1. The van der Waals surface area contributed by atoms with Crippen LogP contribution in [0.2, 0.25) is 0 Å². The van der Waals surface area contributed by atoms with Crippen LogP contribution >= 0.6 is 0 Å². The fourth-order valence-electron chi connectivity index (χ4n) is 3.13. The molecule has 124 valence electrons. The van der Waals surface area contributed by atoms with Crippen molar-refractivity contribution in [2.75, 3.05) is 18.4 Å². The third-order valence-electron chi connectivity index (χ3n) is 4.37. The first kappa shape index (κ1) is 14.7. The van der Waals surface area contributed by atoms with E-state index >= 15 is 0 Å². The van der Waals surface area contributed by atoms with Gasteiger partial charge in [-0.1, -0.05) is 0 Å². The van der Waals surface area contributed by atoms with E-state index in [1.54, 1.807) is 18.3 Å². The molecule has 1 aliphatic rings. The number of likely N-dealkylation sites (tertiary alicyclic amines) is 1. The lowest BCUT2D eigenvalue weighted by Gasteiger charge is -2.32. The summed E-state index contributed by atoms with van der Waals surface area (Å²) in [5.74, 6) is 1.21. The molecule has 0 spiro atoms. The number of aromatic nitrogens is 3. The zero-order valence-electron chi connectivity index (χ0n) is 13.5. The van der Waals surface area contributed by atoms with Crippen LogP contribution in [0.15, 0.2) is 41.3 Å². The van der Waals surface area contributed by atoms with Crippen LogP contribution in [0.3, 0.4) is 0 Å². The molecule has 1 fully saturated rings. The molecule has 3 aromatic heterocycles. The van der Waals surface area contributed by atoms with Gasteiger partial charge in [-0.25, -0.2) is 9.50 Å². The van der Waals surface area contributed by atoms with Crippen molar-refractivity contribution in [1.82, 2.24) is 19.5 Å². The Balaban J connectivity index is 1.42. The highest BCUT2D eigenvalue weighted by Crippen LogP contribution is 2.20. The molecule has 24 heavy (non-hydrogen) atoms. The van der Waals surface area contributed by atoms with Crippen molar-refractivity contribution in [3.8, 4) is 0 Å². The normalized spacial score (nSPS) is 15.8. The van der Waals surface area contributed by atoms with Crippen molar-refractivity contribution < 1.29 is 9.21 Å². The summed E-state index contributed by atoms with van der Waals surface area (Å²) >= 11 is 0. The molecular weight excluding hydrogens is 306 g/mol. The molecule has 0 saturated carbocycles. The van der Waals surface area contributed by atoms with Crippen molar-refractivity contribution in [3.05, 3.63) is 48.3 Å². The van der Waals surface area contributed by atoms with Crippen LogP contribution in [0.25, 0.3) is 5.52 Å². The Bertz CT molecular complexity index is 847. The van der Waals surface area contributed by atoms with Crippen molar-refractivity contribution in [3.63, 3.8) is 0 Å². The van der Waals surface area contributed by atoms with E-state index in [0.29, 0.717) is 24.9 Å². The molecule has 7 heteroatoms. The molecule has 1 aliphatic heterocycles. The first-order valence-electron chi connectivity index (χ1n) is 8.11. The average molecular weight is 325 g/mol. The highest BCUT2D eigenvalue weighted by molar-refractivity contribution is 5.91. The lowest BCUT2D eigenvalue weighted by molar-refractivity contribution is 0.0686. The van der Waals surface area contributed by atoms with Crippen LogP contribution in [0.4, 0.5) is 5.82 Å². The minimum Gasteiger partial charge on any atom is -0.459 e. The maximum absolute atomic E-state index is 12.3. The lowest BCUT2D eigenvalue weighted by Crippen LogP contribution is -2.42. The topological polar surface area (TPSA) is 75.7 Å². The van der Waals surface area contributed by atoms with Crippen LogP contribution in [0.5, 0.6) is 0 Å². The number of nitrogens with zero attached hydrogens (tertiary/aromatic N) is 4. The van der Waals surface area contributed by atoms with Gasteiger partial charge < -0.3 is 14.6 Å². The van der Waals surface area contributed by atoms with Crippen LogP contribution < -0.4 is 5.32 Å². The standard InChI is InChI=1S/C17H19N5O2/c1-12-11-14-16(18-6-9-22(14)20-12)19-13-4-7-21(8-5-13)17(23)15-3-2-10-24-15/h2-3,6,9-11,13H,4-5,7-8H2,1H3,(H,18,19). The van der Waals surface area contributed by atoms with E-state index in [1.165, 1.54) is 6.26 Å². The second kappa shape index (κ2) is 5.99. The van der Waals surface area contributed by atoms with Crippen LogP contribution in [0, 0.1) is 6.92 Å². The third kappa shape index (κ3) is 2.73. The van der Waals surface area contributed by atoms with E-state index < -0.39 is 0 Å². The van der Waals surface area contributed by atoms with Gasteiger partial charge in [-0.15, -0.1) is 0 Å². The van der Waals surface area contributed by atoms with Gasteiger partial charge in [0.2, 0.25) is 0 Å². The number of rotatable bonds is 3. The van der Waals surface area contributed by atoms with Gasteiger partial charge in [0, 0.05) is 31.5 Å². The maximum atomic E-state index is 12.3. The fourth-order valence-corrected chi connectivity index (χ4v) is 3.13. The van der Waals surface area contributed by atoms with Gasteiger partial charge in [-0.3, -0.25) is 4.79 Å². The lowest BCUT2D eigenvalue weighted by atomic mass is 10.0. The third-order valence-corrected chi connectivity index (χ3v) is 4.37. The number of hydrogen-bond donors (Lipinski definition) is 1. The molecule has 1 amide bonds. The van der Waals surface area contributed by atoms with E-state index in [4.69, 9.17) is 4.42 Å². The number of piperidine rings is 1. The number of aryl methyl sites for hydroxylation is 1. The van der Waals surface area contributed by atoms with Gasteiger partial charge in [0.05, 0.1) is 12.0 Å². The molecule has 0 bridgehead atoms. The highest BCUT2D eigenvalue weighted by Gasteiger charge is 2.25. The van der Waals surface area contributed by atoms with Gasteiger partial charge >= 0.3 is 0 Å². The maximum Gasteiger partial charge on any atom is 0.289 e. The molecule has 0 aromatic carbocycles. The SMILES string of the molecule is Cc1cc2c(NC3CCN(C(=O)c4ccco4)CC3)nccn2n1. The summed E-state index contributed by atoms with van der Waals surface area (Å²) in [5, 5.41) is 7.90. The predicted octanol–water partition coefficient (Wildman–Crippen LogP) is 2.35. The molecular formula is C17H19N5O2. The van der Waals surface area contributed by atoms with E-state index in [9.17, 15) is 4.79 Å². The minimum atomic E-state index is -0.0370. The highest BCUT2D eigenvalue weighted by atomic mass is 16.3. The van der Waals surface area contributed by atoms with Gasteiger partial charge in [0.25, 0.3) is 5.91 Å². The van der Waals surface area contributed by atoms with Gasteiger partial charge in [-0.2, -0.15) is 5.10 Å². The molecule has 7 nitrogen and oxygen atoms in total. The van der Waals surface area contributed by atoms with Crippen molar-refractivity contribution in [2.24, 2.45) is 0 Å². The number of amides is 1. The predicted molar refractivity (Wildman–Crippen MR) is 89.0 cm³/mol. The summed E-state index contributed by atoms with van der Waals surface area (Å²) < 4.78 is 7.03. The average Bonchev–Trinajstić information content (AvgIpc) is 3.24. The number of nitrogens with one attached hydrogen (secondary N) is 1. The zero-order valence-corrected chi connectivity index (χ0v) is 13.5. The Kier molecular flexibility index (Phi) is 3.68. The van der Waals surface area contributed by atoms with Crippen LogP contribution in [-0.2, 0) is 0 Å². The van der Waals surface area contributed by atoms with E-state index in [1.807, 2.05) is 28.6 Å². The minimum absolute atomic E-state index is 0.0370. The quantitative estimate of drug-likeness (QED) is 0.800. The Morgan fingerprint density at radius 3 is 2.96 bits per heavy atom. The summed E-state index contributed by atoms with van der Waals surface area (Å²) in [6, 6.07) is 5.76. The smallest absolute Gasteiger partial charge is 0.289 e. The molecule has 1 N–H and O–H groups in total. The largest absolute Gasteiger partial charge is 0.459 e. The number of fused-ring (bicyclic) bond motifs is 1. The molecule has 0 atom stereocenters. The van der Waals surface area contributed by atoms with Crippen LogP contribution in [0.1, 0.15) is 29.1 Å². The molecule has 1 saturated heterocycles. The van der Waals surface area contributed by atoms with Crippen molar-refractivity contribution in [1.29, 1.82) is 0 Å². The Morgan fingerprint density at radius 2 is 2.21 bits per heavy atom. The van der Waals surface area contributed by atoms with Gasteiger partial charge in [0.1, 0.15) is 5.52 Å². The number of furan rings is 1. The van der Waals surface area contributed by atoms with Crippen LogP contribution in [-0.4, -0.2) is 44.5 Å². The molecule has 3 aromatic rings. The Labute approximate surface area is 139 Å². The summed E-state index contributed by atoms with van der Waals surface area (Å²) in [5.41, 5.74) is 1.94. The summed E-state index contributed by atoms with van der Waals surface area (Å²) in [7, 11) is 0. The summed E-state index contributed by atoms with van der Waals surface area (Å²) in [6.07, 6.45) is 6.88. The van der Waals surface area contributed by atoms with Gasteiger partial charge in [-0.05, 0) is 38.0 Å². The monoisotopic (exact) mass is 325 g/mol. The molecule has 4 rings (SSSR count). The first-order chi connectivity index (χ1) is 11.7. The molecule has 4 heterocycles. The number of carbonyl (C=O) groups is 1. The molecule has 0 unspecified atom stereocenters. The summed E-state index contributed by atoms with van der Waals surface area (Å²) in [4.78, 5) is 18.6. The molecule has 0 aliphatic carbocycles. The Morgan fingerprint density at radius 1 is 1.38 bits per heavy atom. The first-order valence-corrected chi connectivity index (χ1v) is 8.11. The molecule has 0 radical (unpaired) electrons. The summed E-state index contributed by atoms with van der Waals surface area (Å²) in [6.45, 7) is 3.38. The number of carbonyl (C=O) groups excluding carboxylic acids is 1.